The van der Waals surface area contributed by atoms with Gasteiger partial charge in [-0.25, -0.2) is 13.6 Å². The van der Waals surface area contributed by atoms with Crippen molar-refractivity contribution in [3.63, 3.8) is 0 Å². The van der Waals surface area contributed by atoms with Gasteiger partial charge in [-0.2, -0.15) is 0 Å². The maximum atomic E-state index is 12.2. The van der Waals surface area contributed by atoms with Crippen molar-refractivity contribution in [1.29, 1.82) is 0 Å². The van der Waals surface area contributed by atoms with Gasteiger partial charge in [-0.15, -0.1) is 0 Å². The molecule has 24 heavy (non-hydrogen) atoms. The van der Waals surface area contributed by atoms with Crippen molar-refractivity contribution in [2.45, 2.75) is 11.8 Å². The fraction of sp³-hybridized carbons (Fsp3) is 0.118. The summed E-state index contributed by atoms with van der Waals surface area (Å²) < 4.78 is 28.5. The zero-order valence-corrected chi connectivity index (χ0v) is 13.8. The third-order valence-corrected chi connectivity index (χ3v) is 4.49. The molecule has 3 rings (SSSR count). The molecule has 3 N–H and O–H groups in total. The van der Waals surface area contributed by atoms with Gasteiger partial charge in [-0.05, 0) is 48.9 Å². The summed E-state index contributed by atoms with van der Waals surface area (Å²) in [4.78, 5) is 12.2. The van der Waals surface area contributed by atoms with Crippen molar-refractivity contribution in [2.75, 3.05) is 11.9 Å². The molecular weight excluding hydrogens is 328 g/mol. The van der Waals surface area contributed by atoms with Crippen molar-refractivity contribution in [1.82, 2.24) is 0 Å². The first-order valence-corrected chi connectivity index (χ1v) is 8.86. The van der Waals surface area contributed by atoms with Crippen LogP contribution in [-0.2, 0) is 14.8 Å². The number of hydrogen-bond acceptors (Lipinski definition) is 4. The number of benzene rings is 2. The van der Waals surface area contributed by atoms with Crippen LogP contribution in [0.25, 0.3) is 11.6 Å². The quantitative estimate of drug-likeness (QED) is 0.831. The number of carbonyl (C=O) groups is 1. The zero-order valence-electron chi connectivity index (χ0n) is 12.9. The van der Waals surface area contributed by atoms with E-state index in [4.69, 9.17) is 9.88 Å². The minimum atomic E-state index is -3.84. The Hall–Kier alpha value is -2.64. The molecule has 0 bridgehead atoms. The molecule has 0 saturated carbocycles. The van der Waals surface area contributed by atoms with Crippen LogP contribution in [0.15, 0.2) is 47.4 Å². The Balaban J connectivity index is 2.07. The van der Waals surface area contributed by atoms with E-state index in [1.54, 1.807) is 6.08 Å². The first kappa shape index (κ1) is 16.2. The van der Waals surface area contributed by atoms with Gasteiger partial charge in [0.05, 0.1) is 11.5 Å². The second-order valence-electron chi connectivity index (χ2n) is 5.27. The van der Waals surface area contributed by atoms with Crippen LogP contribution in [0, 0.1) is 0 Å². The number of primary sulfonamides is 1. The van der Waals surface area contributed by atoms with Crippen molar-refractivity contribution in [3.05, 3.63) is 53.6 Å². The van der Waals surface area contributed by atoms with Gasteiger partial charge >= 0.3 is 0 Å². The molecule has 0 atom stereocenters. The van der Waals surface area contributed by atoms with Gasteiger partial charge in [0, 0.05) is 16.8 Å². The summed E-state index contributed by atoms with van der Waals surface area (Å²) in [5, 5.41) is 7.88. The molecule has 124 valence electrons. The number of anilines is 1. The third kappa shape index (κ3) is 3.17. The van der Waals surface area contributed by atoms with Crippen molar-refractivity contribution in [3.8, 4) is 5.75 Å². The topological polar surface area (TPSA) is 98.5 Å². The number of carbonyl (C=O) groups excluding carboxylic acids is 1. The predicted octanol–water partition coefficient (Wildman–Crippen LogP) is 2.23. The zero-order chi connectivity index (χ0) is 17.3. The van der Waals surface area contributed by atoms with Crippen LogP contribution < -0.4 is 15.2 Å². The Bertz CT molecular complexity index is 949. The average molecular weight is 344 g/mol. The number of nitrogens with two attached hydrogens (primary N) is 1. The molecule has 2 aromatic rings. The predicted molar refractivity (Wildman–Crippen MR) is 91.9 cm³/mol. The van der Waals surface area contributed by atoms with Crippen molar-refractivity contribution < 1.29 is 17.9 Å². The highest BCUT2D eigenvalue weighted by molar-refractivity contribution is 7.89. The maximum absolute atomic E-state index is 12.2. The fourth-order valence-electron chi connectivity index (χ4n) is 2.51. The fourth-order valence-corrected chi connectivity index (χ4v) is 3.05. The third-order valence-electron chi connectivity index (χ3n) is 3.58. The van der Waals surface area contributed by atoms with Crippen LogP contribution in [0.1, 0.15) is 18.1 Å². The highest BCUT2D eigenvalue weighted by Crippen LogP contribution is 2.34. The molecule has 7 heteroatoms. The minimum absolute atomic E-state index is 0.0354. The smallest absolute Gasteiger partial charge is 0.256 e. The number of ether oxygens (including phenoxy) is 1. The van der Waals surface area contributed by atoms with E-state index >= 15 is 0 Å². The van der Waals surface area contributed by atoms with Gasteiger partial charge < -0.3 is 10.1 Å². The summed E-state index contributed by atoms with van der Waals surface area (Å²) in [6, 6.07) is 11.6. The van der Waals surface area contributed by atoms with Gasteiger partial charge in [-0.1, -0.05) is 12.1 Å². The summed E-state index contributed by atoms with van der Waals surface area (Å²) in [6.45, 7) is 2.43. The van der Waals surface area contributed by atoms with Crippen LogP contribution in [-0.4, -0.2) is 20.9 Å². The monoisotopic (exact) mass is 344 g/mol. The lowest BCUT2D eigenvalue weighted by Crippen LogP contribution is -2.12. The molecule has 6 nitrogen and oxygen atoms in total. The van der Waals surface area contributed by atoms with Crippen LogP contribution in [0.4, 0.5) is 5.69 Å². The van der Waals surface area contributed by atoms with Crippen LogP contribution >= 0.6 is 0 Å². The Labute approximate surface area is 140 Å². The molecule has 0 aliphatic carbocycles. The molecule has 1 aliphatic heterocycles. The Morgan fingerprint density at radius 1 is 1.21 bits per heavy atom. The van der Waals surface area contributed by atoms with Crippen molar-refractivity contribution >= 4 is 33.3 Å². The van der Waals surface area contributed by atoms with Gasteiger partial charge in [0.1, 0.15) is 5.75 Å². The molecule has 2 aromatic carbocycles. The first-order chi connectivity index (χ1) is 11.4. The molecule has 0 unspecified atom stereocenters. The lowest BCUT2D eigenvalue weighted by Gasteiger charge is -2.05. The average Bonchev–Trinajstić information content (AvgIpc) is 2.82. The molecule has 0 spiro atoms. The van der Waals surface area contributed by atoms with E-state index in [0.717, 1.165) is 5.56 Å². The van der Waals surface area contributed by atoms with E-state index in [1.165, 1.54) is 18.2 Å². The standard InChI is InChI=1S/C17H16N2O4S/c1-2-23-12-5-3-4-11(8-12)9-15-14-10-13(24(18,21)22)6-7-16(14)19-17(15)20/h3-10H,2H2,1H3,(H,19,20)(H2,18,21,22)/b15-9+. The summed E-state index contributed by atoms with van der Waals surface area (Å²) in [5.74, 6) is 0.405. The van der Waals surface area contributed by atoms with E-state index in [-0.39, 0.29) is 10.8 Å². The van der Waals surface area contributed by atoms with E-state index in [9.17, 15) is 13.2 Å². The number of fused-ring (bicyclic) bond motifs is 1. The molecule has 0 radical (unpaired) electrons. The number of nitrogens with one attached hydrogen (secondary N) is 1. The summed E-state index contributed by atoms with van der Waals surface area (Å²) in [5.41, 5.74) is 2.22. The normalized spacial score (nSPS) is 15.2. The molecule has 0 aromatic heterocycles. The highest BCUT2D eigenvalue weighted by Gasteiger charge is 2.25. The molecule has 0 fully saturated rings. The molecular formula is C17H16N2O4S. The number of hydrogen-bond donors (Lipinski definition) is 2. The maximum Gasteiger partial charge on any atom is 0.256 e. The summed E-state index contributed by atoms with van der Waals surface area (Å²) >= 11 is 0. The van der Waals surface area contributed by atoms with Gasteiger partial charge in [0.15, 0.2) is 0 Å². The molecule has 1 amide bonds. The molecule has 1 aliphatic rings. The van der Waals surface area contributed by atoms with Gasteiger partial charge in [0.25, 0.3) is 5.91 Å². The highest BCUT2D eigenvalue weighted by atomic mass is 32.2. The Morgan fingerprint density at radius 2 is 2.00 bits per heavy atom. The van der Waals surface area contributed by atoms with Crippen LogP contribution in [0.5, 0.6) is 5.75 Å². The van der Waals surface area contributed by atoms with Crippen molar-refractivity contribution in [2.24, 2.45) is 5.14 Å². The summed E-state index contributed by atoms with van der Waals surface area (Å²) in [7, 11) is -3.84. The number of amides is 1. The van der Waals surface area contributed by atoms with E-state index in [2.05, 4.69) is 5.32 Å². The largest absolute Gasteiger partial charge is 0.494 e. The van der Waals surface area contributed by atoms with E-state index < -0.39 is 10.0 Å². The Kier molecular flexibility index (Phi) is 4.13. The lowest BCUT2D eigenvalue weighted by molar-refractivity contribution is -0.110. The number of sulfonamides is 1. The SMILES string of the molecule is CCOc1cccc(/C=C2/C(=O)Nc3ccc(S(N)(=O)=O)cc32)c1. The first-order valence-electron chi connectivity index (χ1n) is 7.31. The minimum Gasteiger partial charge on any atom is -0.494 e. The van der Waals surface area contributed by atoms with Gasteiger partial charge in [0.2, 0.25) is 10.0 Å². The van der Waals surface area contributed by atoms with Crippen LogP contribution in [0.3, 0.4) is 0 Å². The Morgan fingerprint density at radius 3 is 2.71 bits per heavy atom. The second kappa shape index (κ2) is 6.10. The summed E-state index contributed by atoms with van der Waals surface area (Å²) in [6.07, 6.45) is 1.69. The van der Waals surface area contributed by atoms with E-state index in [1.807, 2.05) is 31.2 Å². The van der Waals surface area contributed by atoms with Gasteiger partial charge in [-0.3, -0.25) is 4.79 Å². The van der Waals surface area contributed by atoms with Crippen LogP contribution in [0.2, 0.25) is 0 Å². The molecule has 0 saturated heterocycles. The second-order valence-corrected chi connectivity index (χ2v) is 6.83. The lowest BCUT2D eigenvalue weighted by atomic mass is 10.0. The molecule has 1 heterocycles. The van der Waals surface area contributed by atoms with E-state index in [0.29, 0.717) is 29.2 Å². The number of rotatable bonds is 4.